The van der Waals surface area contributed by atoms with E-state index in [0.29, 0.717) is 30.9 Å². The van der Waals surface area contributed by atoms with Gasteiger partial charge in [0.25, 0.3) is 5.91 Å². The first kappa shape index (κ1) is 24.2. The molecule has 5 heterocycles. The zero-order valence-corrected chi connectivity index (χ0v) is 22.1. The lowest BCUT2D eigenvalue weighted by molar-refractivity contribution is 0.0223. The predicted octanol–water partition coefficient (Wildman–Crippen LogP) is 4.21. The summed E-state index contributed by atoms with van der Waals surface area (Å²) in [7, 11) is 0. The van der Waals surface area contributed by atoms with Crippen LogP contribution in [-0.4, -0.2) is 67.0 Å². The first-order valence-corrected chi connectivity index (χ1v) is 13.9. The van der Waals surface area contributed by atoms with Gasteiger partial charge in [-0.3, -0.25) is 9.69 Å². The van der Waals surface area contributed by atoms with Crippen LogP contribution >= 0.6 is 0 Å². The maximum absolute atomic E-state index is 13.3. The standard InChI is InChI=1S/C29H39N7O/c1-21-15-25-26(27(30)32-21)31-20-36(25)29(2)18-35(19-29)28(37)23-11-12-33(17-23)16-22-9-13-34(14-10-22)24-7-5-3-4-6-8-24/h5,7,11-12,15,17,20,22,24H,3-4,6,8-10,13-14,16,18-19H2,1-2H3,(H2,30,32). The van der Waals surface area contributed by atoms with E-state index < -0.39 is 0 Å². The molecule has 1 aliphatic carbocycles. The van der Waals surface area contributed by atoms with E-state index in [1.165, 1.54) is 51.6 Å². The zero-order valence-electron chi connectivity index (χ0n) is 22.1. The third-order valence-electron chi connectivity index (χ3n) is 8.68. The second kappa shape index (κ2) is 9.63. The normalized spacial score (nSPS) is 22.8. The number of allylic oxidation sites excluding steroid dienone is 1. The number of piperidine rings is 1. The van der Waals surface area contributed by atoms with Crippen LogP contribution in [0.3, 0.4) is 0 Å². The molecule has 1 unspecified atom stereocenters. The van der Waals surface area contributed by atoms with Crippen molar-refractivity contribution in [3.05, 3.63) is 54.3 Å². The van der Waals surface area contributed by atoms with Crippen molar-refractivity contribution >= 4 is 22.8 Å². The van der Waals surface area contributed by atoms with Gasteiger partial charge in [0.05, 0.1) is 22.9 Å². The van der Waals surface area contributed by atoms with E-state index in [1.54, 1.807) is 0 Å². The van der Waals surface area contributed by atoms with Crippen LogP contribution in [0.1, 0.15) is 61.5 Å². The molecular weight excluding hydrogens is 462 g/mol. The molecule has 3 aromatic heterocycles. The molecule has 196 valence electrons. The van der Waals surface area contributed by atoms with Crippen LogP contribution in [0, 0.1) is 12.8 Å². The van der Waals surface area contributed by atoms with E-state index >= 15 is 0 Å². The summed E-state index contributed by atoms with van der Waals surface area (Å²) in [6, 6.07) is 4.64. The van der Waals surface area contributed by atoms with Gasteiger partial charge in [-0.15, -0.1) is 0 Å². The van der Waals surface area contributed by atoms with Crippen molar-refractivity contribution in [1.82, 2.24) is 28.9 Å². The Bertz CT molecular complexity index is 1310. The topological polar surface area (TPSA) is 85.2 Å². The summed E-state index contributed by atoms with van der Waals surface area (Å²) in [5.41, 5.74) is 9.24. The van der Waals surface area contributed by atoms with E-state index in [-0.39, 0.29) is 11.4 Å². The fourth-order valence-corrected chi connectivity index (χ4v) is 6.57. The molecule has 2 fully saturated rings. The highest BCUT2D eigenvalue weighted by Gasteiger charge is 2.44. The molecule has 0 radical (unpaired) electrons. The first-order valence-electron chi connectivity index (χ1n) is 13.9. The summed E-state index contributed by atoms with van der Waals surface area (Å²) in [5, 5.41) is 0. The molecule has 0 spiro atoms. The van der Waals surface area contributed by atoms with Crippen LogP contribution in [-0.2, 0) is 12.1 Å². The van der Waals surface area contributed by atoms with Gasteiger partial charge < -0.3 is 19.8 Å². The van der Waals surface area contributed by atoms with Crippen molar-refractivity contribution in [2.24, 2.45) is 5.92 Å². The van der Waals surface area contributed by atoms with Crippen LogP contribution < -0.4 is 5.73 Å². The highest BCUT2D eigenvalue weighted by atomic mass is 16.2. The maximum atomic E-state index is 13.3. The number of carbonyl (C=O) groups is 1. The van der Waals surface area contributed by atoms with E-state index in [2.05, 4.69) is 49.3 Å². The molecule has 1 amide bonds. The van der Waals surface area contributed by atoms with Crippen molar-refractivity contribution in [2.45, 2.75) is 70.5 Å². The Kier molecular flexibility index (Phi) is 6.31. The number of imidazole rings is 1. The number of aromatic nitrogens is 4. The number of hydrogen-bond acceptors (Lipinski definition) is 5. The van der Waals surface area contributed by atoms with Crippen molar-refractivity contribution < 1.29 is 4.79 Å². The van der Waals surface area contributed by atoms with Gasteiger partial charge in [-0.2, -0.15) is 0 Å². The van der Waals surface area contributed by atoms with Gasteiger partial charge in [-0.25, -0.2) is 9.97 Å². The van der Waals surface area contributed by atoms with Crippen molar-refractivity contribution in [1.29, 1.82) is 0 Å². The summed E-state index contributed by atoms with van der Waals surface area (Å²) >= 11 is 0. The molecule has 0 bridgehead atoms. The largest absolute Gasteiger partial charge is 0.382 e. The number of amides is 1. The lowest BCUT2D eigenvalue weighted by Crippen LogP contribution is -2.62. The third kappa shape index (κ3) is 4.67. The number of nitrogen functional groups attached to an aromatic ring is 1. The summed E-state index contributed by atoms with van der Waals surface area (Å²) in [4.78, 5) is 26.7. The van der Waals surface area contributed by atoms with Gasteiger partial charge >= 0.3 is 0 Å². The summed E-state index contributed by atoms with van der Waals surface area (Å²) < 4.78 is 4.37. The van der Waals surface area contributed by atoms with Gasteiger partial charge in [0.15, 0.2) is 5.82 Å². The SMILES string of the molecule is Cc1cc2c(ncn2C2(C)CN(C(=O)c3ccn(CC4CCN(C5C=CCCCC5)CC4)c3)C2)c(N)n1. The van der Waals surface area contributed by atoms with Crippen LogP contribution in [0.25, 0.3) is 11.0 Å². The molecule has 3 aliphatic rings. The number of anilines is 1. The molecule has 3 aromatic rings. The highest BCUT2D eigenvalue weighted by Crippen LogP contribution is 2.34. The van der Waals surface area contributed by atoms with Gasteiger partial charge in [0.2, 0.25) is 0 Å². The van der Waals surface area contributed by atoms with Crippen LogP contribution in [0.15, 0.2) is 43.0 Å². The quantitative estimate of drug-likeness (QED) is 0.530. The Morgan fingerprint density at radius 3 is 2.81 bits per heavy atom. The monoisotopic (exact) mass is 501 g/mol. The van der Waals surface area contributed by atoms with Crippen molar-refractivity contribution in [3.8, 4) is 0 Å². The zero-order chi connectivity index (χ0) is 25.6. The summed E-state index contributed by atoms with van der Waals surface area (Å²) in [5.74, 6) is 1.24. The van der Waals surface area contributed by atoms with E-state index in [1.807, 2.05) is 36.5 Å². The fraction of sp³-hybridized carbons (Fsp3) is 0.552. The summed E-state index contributed by atoms with van der Waals surface area (Å²) in [6.07, 6.45) is 18.5. The van der Waals surface area contributed by atoms with Crippen molar-refractivity contribution in [3.63, 3.8) is 0 Å². The minimum Gasteiger partial charge on any atom is -0.382 e. The smallest absolute Gasteiger partial charge is 0.255 e. The van der Waals surface area contributed by atoms with Crippen LogP contribution in [0.5, 0.6) is 0 Å². The van der Waals surface area contributed by atoms with Gasteiger partial charge in [0, 0.05) is 43.8 Å². The second-order valence-corrected chi connectivity index (χ2v) is 11.6. The molecule has 37 heavy (non-hydrogen) atoms. The van der Waals surface area contributed by atoms with Crippen molar-refractivity contribution in [2.75, 3.05) is 31.9 Å². The van der Waals surface area contributed by atoms with Gasteiger partial charge in [0.1, 0.15) is 5.52 Å². The molecule has 2 N–H and O–H groups in total. The number of fused-ring (bicyclic) bond motifs is 1. The van der Waals surface area contributed by atoms with Gasteiger partial charge in [-0.1, -0.05) is 18.6 Å². The molecule has 1 atom stereocenters. The highest BCUT2D eigenvalue weighted by molar-refractivity contribution is 5.95. The predicted molar refractivity (Wildman–Crippen MR) is 146 cm³/mol. The number of carbonyl (C=O) groups excluding carboxylic acids is 1. The fourth-order valence-electron chi connectivity index (χ4n) is 6.57. The average Bonchev–Trinajstić information content (AvgIpc) is 3.42. The Morgan fingerprint density at radius 1 is 1.19 bits per heavy atom. The maximum Gasteiger partial charge on any atom is 0.255 e. The minimum atomic E-state index is -0.201. The molecular formula is C29H39N7O. The van der Waals surface area contributed by atoms with E-state index in [0.717, 1.165) is 28.8 Å². The number of nitrogens with zero attached hydrogens (tertiary/aromatic N) is 6. The molecule has 8 heteroatoms. The van der Waals surface area contributed by atoms with E-state index in [9.17, 15) is 4.79 Å². The average molecular weight is 502 g/mol. The third-order valence-corrected chi connectivity index (χ3v) is 8.68. The van der Waals surface area contributed by atoms with E-state index in [4.69, 9.17) is 5.73 Å². The Morgan fingerprint density at radius 2 is 2.00 bits per heavy atom. The number of pyridine rings is 1. The molecule has 8 nitrogen and oxygen atoms in total. The molecule has 2 saturated heterocycles. The molecule has 6 rings (SSSR count). The summed E-state index contributed by atoms with van der Waals surface area (Å²) in [6.45, 7) is 8.78. The first-order chi connectivity index (χ1) is 17.9. The molecule has 0 saturated carbocycles. The minimum absolute atomic E-state index is 0.105. The lowest BCUT2D eigenvalue weighted by atomic mass is 9.91. The molecule has 0 aromatic carbocycles. The number of aryl methyl sites for hydroxylation is 1. The Balaban J connectivity index is 1.04. The number of likely N-dealkylation sites (tertiary alicyclic amines) is 2. The molecule has 2 aliphatic heterocycles. The lowest BCUT2D eigenvalue weighted by Gasteiger charge is -2.48. The second-order valence-electron chi connectivity index (χ2n) is 11.6. The Labute approximate surface area is 219 Å². The van der Waals surface area contributed by atoms with Crippen LogP contribution in [0.4, 0.5) is 5.82 Å². The number of hydrogen-bond donors (Lipinski definition) is 1. The van der Waals surface area contributed by atoms with Crippen LogP contribution in [0.2, 0.25) is 0 Å². The Hall–Kier alpha value is -3.13. The number of nitrogens with two attached hydrogens (primary N) is 1. The van der Waals surface area contributed by atoms with Gasteiger partial charge in [-0.05, 0) is 77.1 Å². The number of rotatable bonds is 5.